The minimum Gasteiger partial charge on any atom is -0.450 e. The molecule has 0 unspecified atom stereocenters. The summed E-state index contributed by atoms with van der Waals surface area (Å²) in [6.07, 6.45) is 0. The molecule has 1 aromatic rings. The van der Waals surface area contributed by atoms with Crippen molar-refractivity contribution in [3.63, 3.8) is 0 Å². The molecule has 17 heavy (non-hydrogen) atoms. The number of hydrogen-bond donors (Lipinski definition) is 1. The summed E-state index contributed by atoms with van der Waals surface area (Å²) in [6.45, 7) is 7.31. The van der Waals surface area contributed by atoms with Crippen molar-refractivity contribution in [2.24, 2.45) is 0 Å². The molecule has 0 aromatic heterocycles. The summed E-state index contributed by atoms with van der Waals surface area (Å²) in [5.74, 6) is 4.68. The fourth-order valence-electron chi connectivity index (χ4n) is 1.18. The van der Waals surface area contributed by atoms with Crippen LogP contribution in [0.5, 0.6) is 0 Å². The Kier molecular flexibility index (Phi) is 3.80. The van der Waals surface area contributed by atoms with Gasteiger partial charge in [-0.3, -0.25) is 0 Å². The lowest BCUT2D eigenvalue weighted by Crippen LogP contribution is -2.22. The lowest BCUT2D eigenvalue weighted by Gasteiger charge is -2.16. The first kappa shape index (κ1) is 13.1. The van der Waals surface area contributed by atoms with Gasteiger partial charge in [0.25, 0.3) is 0 Å². The third kappa shape index (κ3) is 4.60. The summed E-state index contributed by atoms with van der Waals surface area (Å²) >= 11 is 0. The van der Waals surface area contributed by atoms with Crippen LogP contribution in [-0.2, 0) is 9.53 Å². The molecule has 0 aliphatic carbocycles. The van der Waals surface area contributed by atoms with E-state index in [0.717, 1.165) is 11.1 Å². The maximum Gasteiger partial charge on any atom is 0.385 e. The summed E-state index contributed by atoms with van der Waals surface area (Å²) < 4.78 is 5.08. The molecule has 0 aliphatic heterocycles. The van der Waals surface area contributed by atoms with Gasteiger partial charge in [0.1, 0.15) is 5.60 Å². The maximum absolute atomic E-state index is 11.4. The maximum atomic E-state index is 11.4. The molecule has 1 aromatic carbocycles. The highest BCUT2D eigenvalue weighted by atomic mass is 16.6. The largest absolute Gasteiger partial charge is 0.450 e. The van der Waals surface area contributed by atoms with Gasteiger partial charge < -0.3 is 10.5 Å². The van der Waals surface area contributed by atoms with Gasteiger partial charge in [0, 0.05) is 17.2 Å². The molecule has 90 valence electrons. The quantitative estimate of drug-likeness (QED) is 0.423. The Labute approximate surface area is 102 Å². The van der Waals surface area contributed by atoms with Crippen LogP contribution < -0.4 is 5.73 Å². The highest BCUT2D eigenvalue weighted by Crippen LogP contribution is 2.11. The molecular weight excluding hydrogens is 214 g/mol. The van der Waals surface area contributed by atoms with Crippen LogP contribution >= 0.6 is 0 Å². The smallest absolute Gasteiger partial charge is 0.385 e. The predicted molar refractivity (Wildman–Crippen MR) is 68.3 cm³/mol. The van der Waals surface area contributed by atoms with Gasteiger partial charge in [0.2, 0.25) is 0 Å². The minimum absolute atomic E-state index is 0.511. The second-order valence-electron chi connectivity index (χ2n) is 4.82. The highest BCUT2D eigenvalue weighted by molar-refractivity contribution is 5.89. The van der Waals surface area contributed by atoms with E-state index in [1.807, 2.05) is 13.0 Å². The number of carbonyl (C=O) groups is 1. The van der Waals surface area contributed by atoms with Gasteiger partial charge in [0.15, 0.2) is 0 Å². The topological polar surface area (TPSA) is 52.3 Å². The number of nitrogens with two attached hydrogens (primary N) is 1. The average Bonchev–Trinajstić information content (AvgIpc) is 2.17. The molecule has 0 heterocycles. The van der Waals surface area contributed by atoms with Gasteiger partial charge in [-0.2, -0.15) is 0 Å². The van der Waals surface area contributed by atoms with Crippen LogP contribution in [0, 0.1) is 18.8 Å². The number of hydrogen-bond acceptors (Lipinski definition) is 3. The van der Waals surface area contributed by atoms with Crippen molar-refractivity contribution < 1.29 is 9.53 Å². The third-order valence-electron chi connectivity index (χ3n) is 1.98. The summed E-state index contributed by atoms with van der Waals surface area (Å²) in [6, 6.07) is 5.39. The van der Waals surface area contributed by atoms with Crippen LogP contribution in [-0.4, -0.2) is 11.6 Å². The number of carbonyl (C=O) groups excluding carboxylic acids is 1. The number of aryl methyl sites for hydroxylation is 1. The number of rotatable bonds is 0. The molecule has 0 spiro atoms. The van der Waals surface area contributed by atoms with E-state index < -0.39 is 11.6 Å². The molecule has 0 radical (unpaired) electrons. The predicted octanol–water partition coefficient (Wildman–Crippen LogP) is 2.27. The van der Waals surface area contributed by atoms with Gasteiger partial charge in [-0.15, -0.1) is 0 Å². The Morgan fingerprint density at radius 2 is 2.00 bits per heavy atom. The first-order valence-electron chi connectivity index (χ1n) is 5.39. The Balaban J connectivity index is 2.78. The molecule has 1 rings (SSSR count). The van der Waals surface area contributed by atoms with Crippen LogP contribution in [0.4, 0.5) is 5.69 Å². The lowest BCUT2D eigenvalue weighted by atomic mass is 10.1. The van der Waals surface area contributed by atoms with Crippen LogP contribution in [0.3, 0.4) is 0 Å². The Morgan fingerprint density at radius 3 is 2.53 bits per heavy atom. The number of benzene rings is 1. The summed E-state index contributed by atoms with van der Waals surface area (Å²) in [7, 11) is 0. The van der Waals surface area contributed by atoms with Gasteiger partial charge in [-0.05, 0) is 51.5 Å². The van der Waals surface area contributed by atoms with Crippen molar-refractivity contribution in [2.75, 3.05) is 5.73 Å². The SMILES string of the molecule is Cc1cc(C#CC(=O)OC(C)(C)C)ccc1N. The first-order chi connectivity index (χ1) is 7.78. The zero-order valence-electron chi connectivity index (χ0n) is 10.6. The van der Waals surface area contributed by atoms with Gasteiger partial charge >= 0.3 is 5.97 Å². The zero-order chi connectivity index (χ0) is 13.1. The van der Waals surface area contributed by atoms with E-state index >= 15 is 0 Å². The van der Waals surface area contributed by atoms with Crippen LogP contribution in [0.25, 0.3) is 0 Å². The standard InChI is InChI=1S/C14H17NO2/c1-10-9-11(5-7-12(10)15)6-8-13(16)17-14(2,3)4/h5,7,9H,15H2,1-4H3. The molecule has 0 aliphatic rings. The monoisotopic (exact) mass is 231 g/mol. The molecule has 3 nitrogen and oxygen atoms in total. The zero-order valence-corrected chi connectivity index (χ0v) is 10.6. The Morgan fingerprint density at radius 1 is 1.35 bits per heavy atom. The molecular formula is C14H17NO2. The van der Waals surface area contributed by atoms with Crippen molar-refractivity contribution in [2.45, 2.75) is 33.3 Å². The van der Waals surface area contributed by atoms with E-state index in [1.165, 1.54) is 0 Å². The minimum atomic E-state index is -0.521. The van der Waals surface area contributed by atoms with Gasteiger partial charge in [0.05, 0.1) is 0 Å². The third-order valence-corrected chi connectivity index (χ3v) is 1.98. The molecule has 0 saturated heterocycles. The molecule has 0 saturated carbocycles. The molecule has 3 heteroatoms. The number of esters is 1. The van der Waals surface area contributed by atoms with Crippen molar-refractivity contribution in [1.29, 1.82) is 0 Å². The highest BCUT2D eigenvalue weighted by Gasteiger charge is 2.14. The number of anilines is 1. The summed E-state index contributed by atoms with van der Waals surface area (Å²) in [5, 5.41) is 0. The van der Waals surface area contributed by atoms with E-state index in [0.29, 0.717) is 5.69 Å². The fraction of sp³-hybridized carbons (Fsp3) is 0.357. The second kappa shape index (κ2) is 4.92. The number of nitrogen functional groups attached to an aromatic ring is 1. The molecule has 0 bridgehead atoms. The summed E-state index contributed by atoms with van der Waals surface area (Å²) in [4.78, 5) is 11.4. The summed E-state index contributed by atoms with van der Waals surface area (Å²) in [5.41, 5.74) is 7.59. The molecule has 0 fully saturated rings. The van der Waals surface area contributed by atoms with Gasteiger partial charge in [-0.25, -0.2) is 4.79 Å². The van der Waals surface area contributed by atoms with Crippen molar-refractivity contribution >= 4 is 11.7 Å². The molecule has 0 atom stereocenters. The lowest BCUT2D eigenvalue weighted by molar-refractivity contribution is -0.147. The molecule has 0 amide bonds. The van der Waals surface area contributed by atoms with E-state index in [-0.39, 0.29) is 0 Å². The fourth-order valence-corrected chi connectivity index (χ4v) is 1.18. The van der Waals surface area contributed by atoms with Gasteiger partial charge in [-0.1, -0.05) is 5.92 Å². The Bertz CT molecular complexity index is 487. The van der Waals surface area contributed by atoms with Crippen molar-refractivity contribution in [3.05, 3.63) is 29.3 Å². The second-order valence-corrected chi connectivity index (χ2v) is 4.82. The Hall–Kier alpha value is -1.95. The number of ether oxygens (including phenoxy) is 1. The van der Waals surface area contributed by atoms with E-state index in [4.69, 9.17) is 10.5 Å². The van der Waals surface area contributed by atoms with Crippen molar-refractivity contribution in [3.8, 4) is 11.8 Å². The van der Waals surface area contributed by atoms with Crippen molar-refractivity contribution in [1.82, 2.24) is 0 Å². The van der Waals surface area contributed by atoms with Crippen LogP contribution in [0.15, 0.2) is 18.2 Å². The van der Waals surface area contributed by atoms with Crippen LogP contribution in [0.2, 0.25) is 0 Å². The van der Waals surface area contributed by atoms with E-state index in [1.54, 1.807) is 32.9 Å². The van der Waals surface area contributed by atoms with E-state index in [2.05, 4.69) is 11.8 Å². The van der Waals surface area contributed by atoms with E-state index in [9.17, 15) is 4.79 Å². The first-order valence-corrected chi connectivity index (χ1v) is 5.39. The normalized spacial score (nSPS) is 10.4. The molecule has 2 N–H and O–H groups in total. The average molecular weight is 231 g/mol. The van der Waals surface area contributed by atoms with Crippen LogP contribution in [0.1, 0.15) is 31.9 Å².